The summed E-state index contributed by atoms with van der Waals surface area (Å²) >= 11 is 3.34. The molecule has 0 bridgehead atoms. The number of para-hydroxylation sites is 2. The van der Waals surface area contributed by atoms with Crippen molar-refractivity contribution in [2.24, 2.45) is 0 Å². The molecular formula is C19H13BrN2O2. The first-order valence-electron chi connectivity index (χ1n) is 7.50. The maximum Gasteiger partial charge on any atom is 0.237 e. The van der Waals surface area contributed by atoms with Gasteiger partial charge in [-0.1, -0.05) is 36.4 Å². The van der Waals surface area contributed by atoms with Crippen molar-refractivity contribution in [3.63, 3.8) is 0 Å². The van der Waals surface area contributed by atoms with Crippen LogP contribution in [0.3, 0.4) is 0 Å². The molecule has 2 heterocycles. The highest BCUT2D eigenvalue weighted by atomic mass is 79.9. The van der Waals surface area contributed by atoms with Crippen molar-refractivity contribution in [3.8, 4) is 11.5 Å². The van der Waals surface area contributed by atoms with E-state index in [2.05, 4.69) is 26.2 Å². The molecule has 0 spiro atoms. The molecule has 0 unspecified atom stereocenters. The van der Waals surface area contributed by atoms with Crippen molar-refractivity contribution >= 4 is 27.7 Å². The average Bonchev–Trinajstić information content (AvgIpc) is 2.61. The molecule has 2 aromatic carbocycles. The largest absolute Gasteiger partial charge is 0.457 e. The second-order valence-corrected chi connectivity index (χ2v) is 6.38. The zero-order chi connectivity index (χ0) is 16.5. The molecule has 3 aromatic rings. The molecule has 24 heavy (non-hydrogen) atoms. The lowest BCUT2D eigenvalue weighted by Crippen LogP contribution is -2.25. The number of amides is 1. The van der Waals surface area contributed by atoms with Gasteiger partial charge in [0.25, 0.3) is 0 Å². The molecule has 0 fully saturated rings. The van der Waals surface area contributed by atoms with Crippen molar-refractivity contribution < 1.29 is 9.53 Å². The van der Waals surface area contributed by atoms with Crippen LogP contribution in [0.2, 0.25) is 0 Å². The van der Waals surface area contributed by atoms with Gasteiger partial charge in [0.05, 0.1) is 5.92 Å². The van der Waals surface area contributed by atoms with E-state index in [0.29, 0.717) is 17.3 Å². The summed E-state index contributed by atoms with van der Waals surface area (Å²) in [7, 11) is 0. The Morgan fingerprint density at radius 3 is 2.17 bits per heavy atom. The third-order valence-electron chi connectivity index (χ3n) is 3.92. The summed E-state index contributed by atoms with van der Waals surface area (Å²) in [6, 6.07) is 18.8. The average molecular weight is 381 g/mol. The third-order valence-corrected chi connectivity index (χ3v) is 4.39. The Kier molecular flexibility index (Phi) is 3.78. The van der Waals surface area contributed by atoms with Gasteiger partial charge in [0.1, 0.15) is 17.3 Å². The molecular weight excluding hydrogens is 368 g/mol. The van der Waals surface area contributed by atoms with Gasteiger partial charge < -0.3 is 10.1 Å². The van der Waals surface area contributed by atoms with Crippen LogP contribution in [0.5, 0.6) is 11.5 Å². The number of pyridine rings is 1. The van der Waals surface area contributed by atoms with Gasteiger partial charge in [0, 0.05) is 21.8 Å². The SMILES string of the molecule is O=C(Nc1ccc(Br)cn1)C1c2ccccc2Oc2ccccc21. The minimum atomic E-state index is -0.434. The van der Waals surface area contributed by atoms with Crippen molar-refractivity contribution in [2.45, 2.75) is 5.92 Å². The predicted octanol–water partition coefficient (Wildman–Crippen LogP) is 4.72. The lowest BCUT2D eigenvalue weighted by molar-refractivity contribution is -0.116. The second kappa shape index (κ2) is 6.09. The minimum Gasteiger partial charge on any atom is -0.457 e. The van der Waals surface area contributed by atoms with Crippen molar-refractivity contribution in [1.29, 1.82) is 0 Å². The van der Waals surface area contributed by atoms with Crippen LogP contribution in [0.25, 0.3) is 0 Å². The number of carbonyl (C=O) groups is 1. The molecule has 0 saturated carbocycles. The number of fused-ring (bicyclic) bond motifs is 2. The summed E-state index contributed by atoms with van der Waals surface area (Å²) in [6.07, 6.45) is 1.65. The van der Waals surface area contributed by atoms with Gasteiger partial charge in [-0.2, -0.15) is 0 Å². The summed E-state index contributed by atoms with van der Waals surface area (Å²) in [5.74, 6) is 1.37. The number of aromatic nitrogens is 1. The molecule has 1 aliphatic heterocycles. The molecule has 1 N–H and O–H groups in total. The first-order valence-corrected chi connectivity index (χ1v) is 8.30. The maximum atomic E-state index is 13.0. The number of ether oxygens (including phenoxy) is 1. The van der Waals surface area contributed by atoms with Crippen LogP contribution in [0.15, 0.2) is 71.3 Å². The number of nitrogens with one attached hydrogen (secondary N) is 1. The van der Waals surface area contributed by atoms with E-state index < -0.39 is 5.92 Å². The Labute approximate surface area is 147 Å². The number of anilines is 1. The number of hydrogen-bond acceptors (Lipinski definition) is 3. The molecule has 5 heteroatoms. The van der Waals surface area contributed by atoms with Crippen molar-refractivity contribution in [2.75, 3.05) is 5.32 Å². The standard InChI is InChI=1S/C19H13BrN2O2/c20-12-9-10-17(21-11-12)22-19(23)18-13-5-1-3-7-15(13)24-16-8-4-2-6-14(16)18/h1-11,18H,(H,21,22,23). The number of hydrogen-bond donors (Lipinski definition) is 1. The zero-order valence-electron chi connectivity index (χ0n) is 12.6. The number of rotatable bonds is 2. The van der Waals surface area contributed by atoms with Crippen molar-refractivity contribution in [1.82, 2.24) is 4.98 Å². The number of halogens is 1. The number of nitrogens with zero attached hydrogens (tertiary/aromatic N) is 1. The van der Waals surface area contributed by atoms with E-state index in [1.54, 1.807) is 12.3 Å². The highest BCUT2D eigenvalue weighted by molar-refractivity contribution is 9.10. The third kappa shape index (κ3) is 2.67. The Morgan fingerprint density at radius 1 is 0.958 bits per heavy atom. The van der Waals surface area contributed by atoms with E-state index in [9.17, 15) is 4.79 Å². The van der Waals surface area contributed by atoms with Crippen LogP contribution in [0.4, 0.5) is 5.82 Å². The van der Waals surface area contributed by atoms with Gasteiger partial charge in [-0.15, -0.1) is 0 Å². The highest BCUT2D eigenvalue weighted by Crippen LogP contribution is 2.44. The number of carbonyl (C=O) groups excluding carboxylic acids is 1. The molecule has 4 nitrogen and oxygen atoms in total. The Hall–Kier alpha value is -2.66. The summed E-state index contributed by atoms with van der Waals surface area (Å²) < 4.78 is 6.79. The quantitative estimate of drug-likeness (QED) is 0.699. The highest BCUT2D eigenvalue weighted by Gasteiger charge is 2.32. The summed E-state index contributed by atoms with van der Waals surface area (Å²) in [5, 5.41) is 2.89. The minimum absolute atomic E-state index is 0.131. The molecule has 118 valence electrons. The van der Waals surface area contributed by atoms with Gasteiger partial charge in [-0.25, -0.2) is 4.98 Å². The van der Waals surface area contributed by atoms with Crippen LogP contribution in [-0.4, -0.2) is 10.9 Å². The summed E-state index contributed by atoms with van der Waals surface area (Å²) in [6.45, 7) is 0. The van der Waals surface area contributed by atoms with Gasteiger partial charge in [-0.05, 0) is 40.2 Å². The van der Waals surface area contributed by atoms with E-state index in [1.807, 2.05) is 54.6 Å². The second-order valence-electron chi connectivity index (χ2n) is 5.46. The van der Waals surface area contributed by atoms with Gasteiger partial charge in [0.2, 0.25) is 5.91 Å². The van der Waals surface area contributed by atoms with Crippen LogP contribution < -0.4 is 10.1 Å². The zero-order valence-corrected chi connectivity index (χ0v) is 14.2. The van der Waals surface area contributed by atoms with E-state index in [0.717, 1.165) is 15.6 Å². The lowest BCUT2D eigenvalue weighted by atomic mass is 9.87. The first kappa shape index (κ1) is 14.9. The van der Waals surface area contributed by atoms with E-state index in [-0.39, 0.29) is 5.91 Å². The topological polar surface area (TPSA) is 51.2 Å². The normalized spacial score (nSPS) is 12.7. The fraction of sp³-hybridized carbons (Fsp3) is 0.0526. The fourth-order valence-corrected chi connectivity index (χ4v) is 3.08. The van der Waals surface area contributed by atoms with Crippen LogP contribution in [-0.2, 0) is 4.79 Å². The van der Waals surface area contributed by atoms with Gasteiger partial charge >= 0.3 is 0 Å². The van der Waals surface area contributed by atoms with E-state index in [1.165, 1.54) is 0 Å². The molecule has 0 saturated heterocycles. The molecule has 0 radical (unpaired) electrons. The van der Waals surface area contributed by atoms with Gasteiger partial charge in [-0.3, -0.25) is 4.79 Å². The summed E-state index contributed by atoms with van der Waals surface area (Å²) in [5.41, 5.74) is 1.71. The van der Waals surface area contributed by atoms with E-state index in [4.69, 9.17) is 4.74 Å². The molecule has 1 aliphatic rings. The Bertz CT molecular complexity index is 864. The van der Waals surface area contributed by atoms with E-state index >= 15 is 0 Å². The lowest BCUT2D eigenvalue weighted by Gasteiger charge is -2.27. The predicted molar refractivity (Wildman–Crippen MR) is 95.4 cm³/mol. The smallest absolute Gasteiger partial charge is 0.237 e. The van der Waals surface area contributed by atoms with Gasteiger partial charge in [0.15, 0.2) is 0 Å². The Balaban J connectivity index is 1.74. The number of benzene rings is 2. The summed E-state index contributed by atoms with van der Waals surface area (Å²) in [4.78, 5) is 17.2. The molecule has 1 aromatic heterocycles. The monoisotopic (exact) mass is 380 g/mol. The van der Waals surface area contributed by atoms with Crippen LogP contribution >= 0.6 is 15.9 Å². The fourth-order valence-electron chi connectivity index (χ4n) is 2.84. The molecule has 0 aliphatic carbocycles. The molecule has 0 atom stereocenters. The first-order chi connectivity index (χ1) is 11.7. The van der Waals surface area contributed by atoms with Crippen molar-refractivity contribution in [3.05, 3.63) is 82.5 Å². The molecule has 4 rings (SSSR count). The van der Waals surface area contributed by atoms with Crippen LogP contribution in [0.1, 0.15) is 17.0 Å². The molecule has 1 amide bonds. The van der Waals surface area contributed by atoms with Crippen LogP contribution in [0, 0.1) is 0 Å². The maximum absolute atomic E-state index is 13.0. The Morgan fingerprint density at radius 2 is 1.58 bits per heavy atom.